The predicted molar refractivity (Wildman–Crippen MR) is 108 cm³/mol. The van der Waals surface area contributed by atoms with Gasteiger partial charge in [0, 0.05) is 5.56 Å². The number of sulfonamides is 1. The molecule has 0 aliphatic heterocycles. The van der Waals surface area contributed by atoms with Crippen LogP contribution in [0.3, 0.4) is 0 Å². The highest BCUT2D eigenvalue weighted by Gasteiger charge is 2.16. The Hall–Kier alpha value is -3.70. The van der Waals surface area contributed by atoms with Gasteiger partial charge in [0.25, 0.3) is 11.8 Å². The fraction of sp³-hybridized carbons (Fsp3) is 0.105. The lowest BCUT2D eigenvalue weighted by Crippen LogP contribution is -2.46. The van der Waals surface area contributed by atoms with Crippen molar-refractivity contribution in [1.29, 1.82) is 0 Å². The molecule has 0 spiro atoms. The number of aromatic nitrogens is 2. The van der Waals surface area contributed by atoms with E-state index in [-0.39, 0.29) is 10.6 Å². The molecule has 2 amide bonds. The standard InChI is InChI=1S/C19H19N5O5S/c1-29-14-7-9-15(10-8-14)30(27,28)20-12-18(25)23-24-19(26)17-11-16(21-22-17)13-5-3-2-4-6-13/h2-11,20H,12H2,1H3,(H,21,22)(H,23,25)(H,24,26). The molecule has 0 atom stereocenters. The molecule has 30 heavy (non-hydrogen) atoms. The number of methoxy groups -OCH3 is 1. The third-order valence-corrected chi connectivity index (χ3v) is 5.42. The van der Waals surface area contributed by atoms with Gasteiger partial charge in [0.15, 0.2) is 0 Å². The van der Waals surface area contributed by atoms with E-state index in [0.717, 1.165) is 5.56 Å². The molecule has 3 rings (SSSR count). The largest absolute Gasteiger partial charge is 0.497 e. The average Bonchev–Trinajstić information content (AvgIpc) is 3.27. The maximum absolute atomic E-state index is 12.2. The summed E-state index contributed by atoms with van der Waals surface area (Å²) in [4.78, 5) is 24.0. The van der Waals surface area contributed by atoms with E-state index in [0.29, 0.717) is 11.4 Å². The molecule has 0 aliphatic carbocycles. The number of aromatic amines is 1. The van der Waals surface area contributed by atoms with Crippen molar-refractivity contribution in [2.75, 3.05) is 13.7 Å². The fourth-order valence-electron chi connectivity index (χ4n) is 2.43. The van der Waals surface area contributed by atoms with E-state index in [2.05, 4.69) is 25.8 Å². The molecule has 0 radical (unpaired) electrons. The SMILES string of the molecule is COc1ccc(S(=O)(=O)NCC(=O)NNC(=O)c2cc(-c3ccccc3)n[nH]2)cc1. The lowest BCUT2D eigenvalue weighted by molar-refractivity contribution is -0.120. The predicted octanol–water partition coefficient (Wildman–Crippen LogP) is 0.825. The molecule has 10 nitrogen and oxygen atoms in total. The van der Waals surface area contributed by atoms with Gasteiger partial charge in [-0.05, 0) is 30.3 Å². The van der Waals surface area contributed by atoms with Crippen molar-refractivity contribution in [3.8, 4) is 17.0 Å². The van der Waals surface area contributed by atoms with E-state index < -0.39 is 28.4 Å². The van der Waals surface area contributed by atoms with Crippen molar-refractivity contribution < 1.29 is 22.7 Å². The van der Waals surface area contributed by atoms with Crippen LogP contribution < -0.4 is 20.3 Å². The first kappa shape index (κ1) is 21.0. The zero-order valence-electron chi connectivity index (χ0n) is 15.9. The quantitative estimate of drug-likeness (QED) is 0.410. The minimum atomic E-state index is -3.89. The van der Waals surface area contributed by atoms with Crippen LogP contribution in [-0.4, -0.2) is 44.1 Å². The minimum Gasteiger partial charge on any atom is -0.497 e. The molecule has 156 valence electrons. The van der Waals surface area contributed by atoms with Crippen LogP contribution in [-0.2, 0) is 14.8 Å². The summed E-state index contributed by atoms with van der Waals surface area (Å²) < 4.78 is 31.5. The third kappa shape index (κ3) is 5.21. The number of nitrogens with one attached hydrogen (secondary N) is 4. The highest BCUT2D eigenvalue weighted by molar-refractivity contribution is 7.89. The second kappa shape index (κ2) is 9.20. The highest BCUT2D eigenvalue weighted by atomic mass is 32.2. The summed E-state index contributed by atoms with van der Waals surface area (Å²) >= 11 is 0. The third-order valence-electron chi connectivity index (χ3n) is 4.00. The lowest BCUT2D eigenvalue weighted by atomic mass is 10.1. The number of carbonyl (C=O) groups excluding carboxylic acids is 2. The summed E-state index contributed by atoms with van der Waals surface area (Å²) in [6.45, 7) is -0.563. The van der Waals surface area contributed by atoms with Crippen molar-refractivity contribution >= 4 is 21.8 Å². The summed E-state index contributed by atoms with van der Waals surface area (Å²) in [6, 6.07) is 16.4. The summed E-state index contributed by atoms with van der Waals surface area (Å²) in [5.41, 5.74) is 5.86. The molecular formula is C19H19N5O5S. The molecule has 0 saturated carbocycles. The number of amides is 2. The first-order chi connectivity index (χ1) is 14.4. The molecule has 1 aromatic heterocycles. The first-order valence-corrected chi connectivity index (χ1v) is 10.2. The zero-order valence-corrected chi connectivity index (χ0v) is 16.7. The van der Waals surface area contributed by atoms with Crippen LogP contribution in [0.2, 0.25) is 0 Å². The maximum Gasteiger partial charge on any atom is 0.287 e. The van der Waals surface area contributed by atoms with E-state index in [1.54, 1.807) is 0 Å². The molecular weight excluding hydrogens is 410 g/mol. The molecule has 1 heterocycles. The van der Waals surface area contributed by atoms with Crippen LogP contribution in [0.4, 0.5) is 0 Å². The Balaban J connectivity index is 1.50. The Kier molecular flexibility index (Phi) is 6.45. The van der Waals surface area contributed by atoms with E-state index in [4.69, 9.17) is 4.74 Å². The summed E-state index contributed by atoms with van der Waals surface area (Å²) in [6.07, 6.45) is 0. The summed E-state index contributed by atoms with van der Waals surface area (Å²) in [5, 5.41) is 6.63. The van der Waals surface area contributed by atoms with Gasteiger partial charge in [-0.1, -0.05) is 30.3 Å². The smallest absolute Gasteiger partial charge is 0.287 e. The Bertz CT molecular complexity index is 1130. The van der Waals surface area contributed by atoms with Crippen molar-refractivity contribution in [3.63, 3.8) is 0 Å². The van der Waals surface area contributed by atoms with E-state index in [1.165, 1.54) is 37.4 Å². The van der Waals surface area contributed by atoms with Gasteiger partial charge in [0.05, 0.1) is 24.2 Å². The number of hydrogen-bond donors (Lipinski definition) is 4. The van der Waals surface area contributed by atoms with Gasteiger partial charge in [-0.25, -0.2) is 13.1 Å². The van der Waals surface area contributed by atoms with Gasteiger partial charge in [0.1, 0.15) is 11.4 Å². The Morgan fingerprint density at radius 3 is 2.40 bits per heavy atom. The molecule has 0 unspecified atom stereocenters. The van der Waals surface area contributed by atoms with Crippen LogP contribution in [0.25, 0.3) is 11.3 Å². The number of carbonyl (C=O) groups is 2. The van der Waals surface area contributed by atoms with Crippen molar-refractivity contribution in [2.45, 2.75) is 4.90 Å². The summed E-state index contributed by atoms with van der Waals surface area (Å²) in [7, 11) is -2.43. The molecule has 2 aromatic carbocycles. The van der Waals surface area contributed by atoms with Crippen molar-refractivity contribution in [1.82, 2.24) is 25.8 Å². The van der Waals surface area contributed by atoms with E-state index >= 15 is 0 Å². The number of hydrogen-bond acceptors (Lipinski definition) is 6. The Morgan fingerprint density at radius 2 is 1.73 bits per heavy atom. The maximum atomic E-state index is 12.2. The van der Waals surface area contributed by atoms with Crippen molar-refractivity contribution in [3.05, 3.63) is 66.4 Å². The minimum absolute atomic E-state index is 0.0222. The van der Waals surface area contributed by atoms with Gasteiger partial charge >= 0.3 is 0 Å². The fourth-order valence-corrected chi connectivity index (χ4v) is 3.41. The van der Waals surface area contributed by atoms with Gasteiger partial charge in [-0.2, -0.15) is 5.10 Å². The van der Waals surface area contributed by atoms with Gasteiger partial charge in [-0.3, -0.25) is 25.5 Å². The van der Waals surface area contributed by atoms with E-state index in [1.807, 2.05) is 30.3 Å². The second-order valence-corrected chi connectivity index (χ2v) is 7.80. The molecule has 3 aromatic rings. The van der Waals surface area contributed by atoms with Gasteiger partial charge in [-0.15, -0.1) is 0 Å². The Labute approximate surface area is 172 Å². The van der Waals surface area contributed by atoms with Crippen LogP contribution in [0.1, 0.15) is 10.5 Å². The normalized spacial score (nSPS) is 11.0. The molecule has 0 aliphatic rings. The number of nitrogens with zero attached hydrogens (tertiary/aromatic N) is 1. The number of benzene rings is 2. The number of ether oxygens (including phenoxy) is 1. The molecule has 4 N–H and O–H groups in total. The average molecular weight is 429 g/mol. The Morgan fingerprint density at radius 1 is 1.03 bits per heavy atom. The van der Waals surface area contributed by atoms with Gasteiger partial charge in [0.2, 0.25) is 10.0 Å². The highest BCUT2D eigenvalue weighted by Crippen LogP contribution is 2.17. The van der Waals surface area contributed by atoms with Crippen LogP contribution in [0.5, 0.6) is 5.75 Å². The molecule has 0 bridgehead atoms. The first-order valence-electron chi connectivity index (χ1n) is 8.73. The number of rotatable bonds is 7. The number of hydrazine groups is 1. The molecule has 0 fully saturated rings. The monoisotopic (exact) mass is 429 g/mol. The van der Waals surface area contributed by atoms with Crippen molar-refractivity contribution in [2.24, 2.45) is 0 Å². The van der Waals surface area contributed by atoms with Crippen LogP contribution in [0.15, 0.2) is 65.6 Å². The van der Waals surface area contributed by atoms with E-state index in [9.17, 15) is 18.0 Å². The van der Waals surface area contributed by atoms with Crippen LogP contribution >= 0.6 is 0 Å². The topological polar surface area (TPSA) is 142 Å². The van der Waals surface area contributed by atoms with Gasteiger partial charge < -0.3 is 4.74 Å². The van der Waals surface area contributed by atoms with Crippen LogP contribution in [0, 0.1) is 0 Å². The lowest BCUT2D eigenvalue weighted by Gasteiger charge is -2.09. The molecule has 0 saturated heterocycles. The summed E-state index contributed by atoms with van der Waals surface area (Å²) in [5.74, 6) is -0.872. The second-order valence-electron chi connectivity index (χ2n) is 6.04. The number of H-pyrrole nitrogens is 1. The molecule has 11 heteroatoms. The zero-order chi connectivity index (χ0) is 21.6.